The monoisotopic (exact) mass is 203 g/mol. The van der Waals surface area contributed by atoms with E-state index in [0.29, 0.717) is 0 Å². The Kier molecular flexibility index (Phi) is 2.51. The van der Waals surface area contributed by atoms with Crippen LogP contribution < -0.4 is 0 Å². The van der Waals surface area contributed by atoms with Crippen LogP contribution in [0.15, 0.2) is 42.6 Å². The highest BCUT2D eigenvalue weighted by Gasteiger charge is 1.98. The van der Waals surface area contributed by atoms with Crippen LogP contribution in [0.1, 0.15) is 5.69 Å². The lowest BCUT2D eigenvalue weighted by Crippen LogP contribution is -1.82. The van der Waals surface area contributed by atoms with Crippen LogP contribution in [0.3, 0.4) is 0 Å². The van der Waals surface area contributed by atoms with Crippen molar-refractivity contribution in [3.05, 3.63) is 53.3 Å². The third-order valence-corrected chi connectivity index (χ3v) is 2.29. The molecule has 0 radical (unpaired) electrons. The van der Waals surface area contributed by atoms with Gasteiger partial charge in [-0.2, -0.15) is 0 Å². The summed E-state index contributed by atoms with van der Waals surface area (Å²) in [6, 6.07) is 11.9. The van der Waals surface area contributed by atoms with Gasteiger partial charge in [-0.3, -0.25) is 4.98 Å². The van der Waals surface area contributed by atoms with Gasteiger partial charge in [0.1, 0.15) is 0 Å². The van der Waals surface area contributed by atoms with E-state index in [2.05, 4.69) is 4.98 Å². The van der Waals surface area contributed by atoms with Gasteiger partial charge in [0, 0.05) is 16.9 Å². The average molecular weight is 204 g/mol. The van der Waals surface area contributed by atoms with E-state index in [0.717, 1.165) is 21.8 Å². The number of pyridine rings is 1. The summed E-state index contributed by atoms with van der Waals surface area (Å²) in [6.45, 7) is 1.98. The molecule has 0 fully saturated rings. The second-order valence-electron chi connectivity index (χ2n) is 3.20. The van der Waals surface area contributed by atoms with Gasteiger partial charge in [-0.15, -0.1) is 0 Å². The van der Waals surface area contributed by atoms with Crippen molar-refractivity contribution in [1.82, 2.24) is 4.98 Å². The van der Waals surface area contributed by atoms with E-state index >= 15 is 0 Å². The number of benzene rings is 1. The van der Waals surface area contributed by atoms with Gasteiger partial charge in [0.25, 0.3) is 0 Å². The number of halogens is 1. The van der Waals surface area contributed by atoms with Crippen LogP contribution in [0.2, 0.25) is 5.02 Å². The second kappa shape index (κ2) is 3.81. The van der Waals surface area contributed by atoms with Gasteiger partial charge < -0.3 is 0 Å². The Hall–Kier alpha value is -1.34. The number of aromatic nitrogens is 1. The number of hydrogen-bond donors (Lipinski definition) is 0. The van der Waals surface area contributed by atoms with E-state index in [1.165, 1.54) is 0 Å². The first-order valence-corrected chi connectivity index (χ1v) is 4.82. The molecule has 0 atom stereocenters. The molecule has 0 saturated heterocycles. The molecule has 0 unspecified atom stereocenters. The fourth-order valence-electron chi connectivity index (χ4n) is 1.39. The summed E-state index contributed by atoms with van der Waals surface area (Å²) < 4.78 is 0. The van der Waals surface area contributed by atoms with E-state index in [-0.39, 0.29) is 0 Å². The summed E-state index contributed by atoms with van der Waals surface area (Å²) in [7, 11) is 0. The predicted molar refractivity (Wildman–Crippen MR) is 59.4 cm³/mol. The van der Waals surface area contributed by atoms with E-state index < -0.39 is 0 Å². The Morgan fingerprint density at radius 1 is 1.07 bits per heavy atom. The van der Waals surface area contributed by atoms with Gasteiger partial charge >= 0.3 is 0 Å². The molecule has 1 aromatic heterocycles. The van der Waals surface area contributed by atoms with Gasteiger partial charge in [0.05, 0.1) is 0 Å². The van der Waals surface area contributed by atoms with Crippen molar-refractivity contribution in [3.8, 4) is 11.1 Å². The van der Waals surface area contributed by atoms with E-state index in [1.54, 1.807) is 0 Å². The Morgan fingerprint density at radius 3 is 2.57 bits per heavy atom. The fourth-order valence-corrected chi connectivity index (χ4v) is 1.58. The summed E-state index contributed by atoms with van der Waals surface area (Å²) in [4.78, 5) is 4.15. The Balaban J connectivity index is 2.49. The van der Waals surface area contributed by atoms with E-state index in [1.807, 2.05) is 49.5 Å². The molecule has 2 aromatic rings. The number of hydrogen-bond acceptors (Lipinski definition) is 1. The van der Waals surface area contributed by atoms with Crippen molar-refractivity contribution >= 4 is 11.6 Å². The minimum atomic E-state index is 0.761. The SMILES string of the molecule is Cc1cc(-c2cccc(Cl)c2)ccn1. The maximum Gasteiger partial charge on any atom is 0.0412 e. The highest BCUT2D eigenvalue weighted by atomic mass is 35.5. The molecular formula is C12H10ClN. The molecule has 0 bridgehead atoms. The zero-order chi connectivity index (χ0) is 9.97. The predicted octanol–water partition coefficient (Wildman–Crippen LogP) is 3.71. The fraction of sp³-hybridized carbons (Fsp3) is 0.0833. The molecule has 0 spiro atoms. The molecule has 0 aliphatic rings. The smallest absolute Gasteiger partial charge is 0.0412 e. The van der Waals surface area contributed by atoms with E-state index in [9.17, 15) is 0 Å². The number of aryl methyl sites for hydroxylation is 1. The molecule has 0 saturated carbocycles. The summed E-state index contributed by atoms with van der Waals surface area (Å²) in [5.74, 6) is 0. The standard InChI is InChI=1S/C12H10ClN/c1-9-7-11(5-6-14-9)10-3-2-4-12(13)8-10/h2-8H,1H3. The van der Waals surface area contributed by atoms with Crippen LogP contribution in [0.25, 0.3) is 11.1 Å². The lowest BCUT2D eigenvalue weighted by Gasteiger charge is -2.02. The molecule has 0 N–H and O–H groups in total. The van der Waals surface area contributed by atoms with Crippen molar-refractivity contribution in [2.45, 2.75) is 6.92 Å². The summed E-state index contributed by atoms with van der Waals surface area (Å²) >= 11 is 5.92. The van der Waals surface area contributed by atoms with Crippen molar-refractivity contribution in [2.24, 2.45) is 0 Å². The molecule has 1 nitrogen and oxygen atoms in total. The Bertz CT molecular complexity index is 408. The van der Waals surface area contributed by atoms with Crippen LogP contribution in [-0.4, -0.2) is 4.98 Å². The molecular weight excluding hydrogens is 194 g/mol. The third kappa shape index (κ3) is 1.94. The minimum absolute atomic E-state index is 0.761. The van der Waals surface area contributed by atoms with Crippen molar-refractivity contribution in [2.75, 3.05) is 0 Å². The molecule has 2 heteroatoms. The molecule has 0 aliphatic carbocycles. The summed E-state index contributed by atoms with van der Waals surface area (Å²) in [5.41, 5.74) is 3.30. The third-order valence-electron chi connectivity index (χ3n) is 2.05. The van der Waals surface area contributed by atoms with Crippen LogP contribution in [0.4, 0.5) is 0 Å². The Morgan fingerprint density at radius 2 is 1.86 bits per heavy atom. The first kappa shape index (κ1) is 9.22. The average Bonchev–Trinajstić information content (AvgIpc) is 2.18. The largest absolute Gasteiger partial charge is 0.262 e. The molecule has 70 valence electrons. The van der Waals surface area contributed by atoms with Crippen LogP contribution in [0.5, 0.6) is 0 Å². The molecule has 0 aliphatic heterocycles. The summed E-state index contributed by atoms with van der Waals surface area (Å²) in [6.07, 6.45) is 1.81. The van der Waals surface area contributed by atoms with Crippen LogP contribution in [-0.2, 0) is 0 Å². The van der Waals surface area contributed by atoms with Gasteiger partial charge in [-0.05, 0) is 42.3 Å². The second-order valence-corrected chi connectivity index (χ2v) is 3.63. The first-order valence-electron chi connectivity index (χ1n) is 4.44. The lowest BCUT2D eigenvalue weighted by molar-refractivity contribution is 1.20. The maximum absolute atomic E-state index is 5.92. The lowest BCUT2D eigenvalue weighted by atomic mass is 10.1. The van der Waals surface area contributed by atoms with Crippen LogP contribution in [0, 0.1) is 6.92 Å². The molecule has 14 heavy (non-hydrogen) atoms. The number of nitrogens with zero attached hydrogens (tertiary/aromatic N) is 1. The molecule has 1 aromatic carbocycles. The van der Waals surface area contributed by atoms with Crippen LogP contribution >= 0.6 is 11.6 Å². The molecule has 1 heterocycles. The maximum atomic E-state index is 5.92. The quantitative estimate of drug-likeness (QED) is 0.689. The zero-order valence-electron chi connectivity index (χ0n) is 7.87. The van der Waals surface area contributed by atoms with Gasteiger partial charge in [-0.25, -0.2) is 0 Å². The van der Waals surface area contributed by atoms with E-state index in [4.69, 9.17) is 11.6 Å². The normalized spacial score (nSPS) is 10.1. The van der Waals surface area contributed by atoms with Gasteiger partial charge in [0.2, 0.25) is 0 Å². The van der Waals surface area contributed by atoms with Crippen molar-refractivity contribution < 1.29 is 0 Å². The summed E-state index contributed by atoms with van der Waals surface area (Å²) in [5, 5.41) is 0.761. The zero-order valence-corrected chi connectivity index (χ0v) is 8.62. The topological polar surface area (TPSA) is 12.9 Å². The van der Waals surface area contributed by atoms with Crippen molar-refractivity contribution in [3.63, 3.8) is 0 Å². The highest BCUT2D eigenvalue weighted by molar-refractivity contribution is 6.30. The number of rotatable bonds is 1. The first-order chi connectivity index (χ1) is 6.75. The van der Waals surface area contributed by atoms with Gasteiger partial charge in [0.15, 0.2) is 0 Å². The Labute approximate surface area is 88.4 Å². The highest BCUT2D eigenvalue weighted by Crippen LogP contribution is 2.22. The van der Waals surface area contributed by atoms with Gasteiger partial charge in [-0.1, -0.05) is 23.7 Å². The molecule has 0 amide bonds. The minimum Gasteiger partial charge on any atom is -0.262 e. The molecule has 2 rings (SSSR count). The van der Waals surface area contributed by atoms with Crippen molar-refractivity contribution in [1.29, 1.82) is 0 Å².